The van der Waals surface area contributed by atoms with Crippen LogP contribution in [0.2, 0.25) is 0 Å². The smallest absolute Gasteiger partial charge is 0.230 e. The highest BCUT2D eigenvalue weighted by molar-refractivity contribution is 9.10. The molecule has 1 aromatic heterocycles. The average Bonchev–Trinajstić information content (AvgIpc) is 2.66. The number of aryl methyl sites for hydroxylation is 1. The fourth-order valence-electron chi connectivity index (χ4n) is 1.69. The number of hydrogen-bond donors (Lipinski definition) is 0. The largest absolute Gasteiger partial charge is 0.268 e. The highest BCUT2D eigenvalue weighted by atomic mass is 79.9. The Hall–Kier alpha value is -1.58. The van der Waals surface area contributed by atoms with Crippen molar-refractivity contribution in [2.45, 2.75) is 18.7 Å². The Balaban J connectivity index is 2.67. The maximum atomic E-state index is 12.5. The summed E-state index contributed by atoms with van der Waals surface area (Å²) in [6.45, 7) is 3.58. The molecule has 0 aliphatic rings. The van der Waals surface area contributed by atoms with Gasteiger partial charge in [0.1, 0.15) is 11.8 Å². The Morgan fingerprint density at radius 1 is 1.21 bits per heavy atom. The molecular weight excluding hydrogens is 328 g/mol. The molecule has 19 heavy (non-hydrogen) atoms. The van der Waals surface area contributed by atoms with E-state index < -0.39 is 10.0 Å². The lowest BCUT2D eigenvalue weighted by atomic mass is 10.2. The minimum atomic E-state index is -3.74. The van der Waals surface area contributed by atoms with Crippen LogP contribution in [0.5, 0.6) is 0 Å². The van der Waals surface area contributed by atoms with Gasteiger partial charge in [-0.15, -0.1) is 0 Å². The second-order valence-corrected chi connectivity index (χ2v) is 6.85. The van der Waals surface area contributed by atoms with E-state index in [0.29, 0.717) is 10.0 Å². The summed E-state index contributed by atoms with van der Waals surface area (Å²) in [5.74, 6) is 0. The molecule has 1 aromatic carbocycles. The van der Waals surface area contributed by atoms with E-state index >= 15 is 0 Å². The Labute approximate surface area is 120 Å². The number of nitriles is 1. The summed E-state index contributed by atoms with van der Waals surface area (Å²) < 4.78 is 26.6. The van der Waals surface area contributed by atoms with Gasteiger partial charge < -0.3 is 0 Å². The van der Waals surface area contributed by atoms with Crippen LogP contribution in [0.25, 0.3) is 0 Å². The molecule has 0 radical (unpaired) electrons. The topological polar surface area (TPSA) is 62.9 Å². The van der Waals surface area contributed by atoms with E-state index in [0.717, 1.165) is 9.54 Å². The highest BCUT2D eigenvalue weighted by Crippen LogP contribution is 2.26. The predicted octanol–water partition coefficient (Wildman–Crippen LogP) is 2.98. The summed E-state index contributed by atoms with van der Waals surface area (Å²) in [7, 11) is -3.74. The van der Waals surface area contributed by atoms with Gasteiger partial charge in [-0.05, 0) is 41.9 Å². The molecular formula is C13H11BrN2O2S. The molecule has 0 aliphatic carbocycles. The fourth-order valence-corrected chi connectivity index (χ4v) is 3.59. The first-order chi connectivity index (χ1) is 8.87. The van der Waals surface area contributed by atoms with Crippen molar-refractivity contribution in [3.8, 4) is 6.07 Å². The van der Waals surface area contributed by atoms with Crippen molar-refractivity contribution in [1.82, 2.24) is 3.97 Å². The molecule has 2 rings (SSSR count). The van der Waals surface area contributed by atoms with Crippen molar-refractivity contribution in [2.75, 3.05) is 0 Å². The lowest BCUT2D eigenvalue weighted by Crippen LogP contribution is -2.14. The third kappa shape index (κ3) is 2.31. The number of benzene rings is 1. The zero-order chi connectivity index (χ0) is 14.2. The van der Waals surface area contributed by atoms with E-state index in [-0.39, 0.29) is 10.6 Å². The molecule has 6 heteroatoms. The molecule has 0 spiro atoms. The van der Waals surface area contributed by atoms with Crippen LogP contribution < -0.4 is 0 Å². The zero-order valence-corrected chi connectivity index (χ0v) is 12.8. The predicted molar refractivity (Wildman–Crippen MR) is 75.3 cm³/mol. The second-order valence-electron chi connectivity index (χ2n) is 4.18. The molecule has 98 valence electrons. The summed E-state index contributed by atoms with van der Waals surface area (Å²) in [5, 5.41) is 9.11. The quantitative estimate of drug-likeness (QED) is 0.845. The van der Waals surface area contributed by atoms with Gasteiger partial charge >= 0.3 is 0 Å². The van der Waals surface area contributed by atoms with E-state index in [1.165, 1.54) is 18.3 Å². The van der Waals surface area contributed by atoms with Crippen molar-refractivity contribution >= 4 is 26.0 Å². The zero-order valence-electron chi connectivity index (χ0n) is 10.4. The summed E-state index contributed by atoms with van der Waals surface area (Å²) >= 11 is 3.25. The van der Waals surface area contributed by atoms with Gasteiger partial charge in [-0.3, -0.25) is 0 Å². The number of hydrogen-bond acceptors (Lipinski definition) is 3. The molecule has 0 bridgehead atoms. The maximum absolute atomic E-state index is 12.5. The molecule has 0 amide bonds. The van der Waals surface area contributed by atoms with Crippen LogP contribution in [0.3, 0.4) is 0 Å². The van der Waals surface area contributed by atoms with Gasteiger partial charge in [0, 0.05) is 16.2 Å². The molecule has 0 saturated carbocycles. The van der Waals surface area contributed by atoms with Crippen LogP contribution in [0.4, 0.5) is 0 Å². The third-order valence-electron chi connectivity index (χ3n) is 2.85. The van der Waals surface area contributed by atoms with E-state index in [1.54, 1.807) is 19.1 Å². The van der Waals surface area contributed by atoms with E-state index in [2.05, 4.69) is 15.9 Å². The second kappa shape index (κ2) is 4.83. The summed E-state index contributed by atoms with van der Waals surface area (Å²) in [4.78, 5) is 0.164. The third-order valence-corrected chi connectivity index (χ3v) is 5.32. The normalized spacial score (nSPS) is 11.3. The summed E-state index contributed by atoms with van der Waals surface area (Å²) in [5.41, 5.74) is 1.70. The summed E-state index contributed by atoms with van der Waals surface area (Å²) in [6, 6.07) is 8.45. The first-order valence-electron chi connectivity index (χ1n) is 5.47. The Bertz CT molecular complexity index is 768. The number of rotatable bonds is 2. The highest BCUT2D eigenvalue weighted by Gasteiger charge is 2.22. The Kier molecular flexibility index (Phi) is 3.52. The minimum absolute atomic E-state index is 0.118. The number of nitrogens with zero attached hydrogens (tertiary/aromatic N) is 2. The van der Waals surface area contributed by atoms with Gasteiger partial charge in [-0.2, -0.15) is 5.26 Å². The van der Waals surface area contributed by atoms with Gasteiger partial charge in [0.15, 0.2) is 0 Å². The molecule has 0 saturated heterocycles. The molecule has 0 atom stereocenters. The van der Waals surface area contributed by atoms with Crippen molar-refractivity contribution in [3.05, 3.63) is 51.8 Å². The first kappa shape index (κ1) is 13.8. The van der Waals surface area contributed by atoms with Crippen LogP contribution in [-0.4, -0.2) is 12.4 Å². The van der Waals surface area contributed by atoms with Gasteiger partial charge in [0.25, 0.3) is 10.0 Å². The summed E-state index contributed by atoms with van der Waals surface area (Å²) in [6.07, 6.45) is 1.41. The molecule has 1 heterocycles. The lowest BCUT2D eigenvalue weighted by Gasteiger charge is -2.07. The first-order valence-corrected chi connectivity index (χ1v) is 7.71. The van der Waals surface area contributed by atoms with Crippen LogP contribution in [0.15, 0.2) is 39.8 Å². The molecule has 0 N–H and O–H groups in total. The minimum Gasteiger partial charge on any atom is -0.230 e. The SMILES string of the molecule is Cc1ccc(S(=O)(=O)n2cc(Br)c(C)c2C#N)cc1. The van der Waals surface area contributed by atoms with Crippen LogP contribution in [-0.2, 0) is 10.0 Å². The molecule has 0 aliphatic heterocycles. The van der Waals surface area contributed by atoms with Crippen molar-refractivity contribution in [3.63, 3.8) is 0 Å². The van der Waals surface area contributed by atoms with Gasteiger partial charge in [0.05, 0.1) is 4.90 Å². The van der Waals surface area contributed by atoms with Gasteiger partial charge in [-0.25, -0.2) is 12.4 Å². The Morgan fingerprint density at radius 2 is 1.79 bits per heavy atom. The molecule has 4 nitrogen and oxygen atoms in total. The van der Waals surface area contributed by atoms with Crippen molar-refractivity contribution in [2.24, 2.45) is 0 Å². The van der Waals surface area contributed by atoms with Gasteiger partial charge in [-0.1, -0.05) is 17.7 Å². The van der Waals surface area contributed by atoms with Crippen LogP contribution in [0, 0.1) is 25.2 Å². The van der Waals surface area contributed by atoms with E-state index in [9.17, 15) is 8.42 Å². The average molecular weight is 339 g/mol. The number of halogens is 1. The maximum Gasteiger partial charge on any atom is 0.268 e. The van der Waals surface area contributed by atoms with Crippen LogP contribution in [0.1, 0.15) is 16.8 Å². The van der Waals surface area contributed by atoms with Gasteiger partial charge in [0.2, 0.25) is 0 Å². The monoisotopic (exact) mass is 338 g/mol. The lowest BCUT2D eigenvalue weighted by molar-refractivity contribution is 0.587. The van der Waals surface area contributed by atoms with Crippen LogP contribution >= 0.6 is 15.9 Å². The number of aromatic nitrogens is 1. The van der Waals surface area contributed by atoms with E-state index in [4.69, 9.17) is 5.26 Å². The molecule has 0 unspecified atom stereocenters. The van der Waals surface area contributed by atoms with Crippen molar-refractivity contribution in [1.29, 1.82) is 5.26 Å². The fraction of sp³-hybridized carbons (Fsp3) is 0.154. The van der Waals surface area contributed by atoms with E-state index in [1.807, 2.05) is 13.0 Å². The Morgan fingerprint density at radius 3 is 2.32 bits per heavy atom. The molecule has 2 aromatic rings. The molecule has 0 fully saturated rings. The standard InChI is InChI=1S/C13H11BrN2O2S/c1-9-3-5-11(6-4-9)19(17,18)16-8-12(14)10(2)13(16)7-15/h3-6,8H,1-2H3. The van der Waals surface area contributed by atoms with Crippen molar-refractivity contribution < 1.29 is 8.42 Å².